The van der Waals surface area contributed by atoms with E-state index in [1.165, 1.54) is 32.1 Å². The zero-order chi connectivity index (χ0) is 14.4. The van der Waals surface area contributed by atoms with Crippen molar-refractivity contribution in [3.8, 4) is 0 Å². The van der Waals surface area contributed by atoms with Crippen LogP contribution in [-0.4, -0.2) is 45.3 Å². The summed E-state index contributed by atoms with van der Waals surface area (Å²) in [6.45, 7) is 7.31. The van der Waals surface area contributed by atoms with Gasteiger partial charge in [-0.3, -0.25) is 4.90 Å². The first-order valence-electron chi connectivity index (χ1n) is 8.04. The molecule has 0 spiro atoms. The van der Waals surface area contributed by atoms with Gasteiger partial charge in [0.05, 0.1) is 6.54 Å². The number of nitrogens with one attached hydrogen (secondary N) is 1. The van der Waals surface area contributed by atoms with Gasteiger partial charge in [-0.25, -0.2) is 9.67 Å². The summed E-state index contributed by atoms with van der Waals surface area (Å²) in [7, 11) is 2.22. The summed E-state index contributed by atoms with van der Waals surface area (Å²) < 4.78 is 1.99. The fourth-order valence-electron chi connectivity index (χ4n) is 3.10. The molecule has 1 heterocycles. The molecule has 1 aromatic heterocycles. The second-order valence-corrected chi connectivity index (χ2v) is 5.87. The first-order valence-corrected chi connectivity index (χ1v) is 8.04. The van der Waals surface area contributed by atoms with Crippen molar-refractivity contribution in [2.45, 2.75) is 71.1 Å². The highest BCUT2D eigenvalue weighted by molar-refractivity contribution is 4.88. The average Bonchev–Trinajstić information content (AvgIpc) is 2.92. The SMILES string of the molecule is CCCNC1CCC(N(C)Cc2ncnn2CC)CC1. The lowest BCUT2D eigenvalue weighted by atomic mass is 9.90. The third-order valence-electron chi connectivity index (χ3n) is 4.39. The number of aromatic nitrogens is 3. The molecule has 114 valence electrons. The molecular formula is C15H29N5. The van der Waals surface area contributed by atoms with Crippen LogP contribution in [0.2, 0.25) is 0 Å². The van der Waals surface area contributed by atoms with Crippen LogP contribution in [0.4, 0.5) is 0 Å². The molecule has 0 unspecified atom stereocenters. The van der Waals surface area contributed by atoms with E-state index in [0.29, 0.717) is 6.04 Å². The van der Waals surface area contributed by atoms with E-state index < -0.39 is 0 Å². The van der Waals surface area contributed by atoms with Crippen LogP contribution in [-0.2, 0) is 13.1 Å². The minimum Gasteiger partial charge on any atom is -0.314 e. The van der Waals surface area contributed by atoms with Crippen LogP contribution in [0.5, 0.6) is 0 Å². The molecule has 1 saturated carbocycles. The first kappa shape index (κ1) is 15.4. The molecule has 5 heteroatoms. The minimum absolute atomic E-state index is 0.691. The normalized spacial score (nSPS) is 23.4. The molecule has 1 N–H and O–H groups in total. The Morgan fingerprint density at radius 3 is 2.70 bits per heavy atom. The van der Waals surface area contributed by atoms with Crippen LogP contribution in [0.1, 0.15) is 51.8 Å². The van der Waals surface area contributed by atoms with Crippen LogP contribution in [0, 0.1) is 0 Å². The number of rotatable bonds is 7. The Bertz CT molecular complexity index is 381. The van der Waals surface area contributed by atoms with Gasteiger partial charge in [-0.15, -0.1) is 0 Å². The average molecular weight is 279 g/mol. The van der Waals surface area contributed by atoms with E-state index in [9.17, 15) is 0 Å². The summed E-state index contributed by atoms with van der Waals surface area (Å²) >= 11 is 0. The Morgan fingerprint density at radius 2 is 2.05 bits per heavy atom. The Kier molecular flexibility index (Phi) is 5.98. The second-order valence-electron chi connectivity index (χ2n) is 5.87. The lowest BCUT2D eigenvalue weighted by molar-refractivity contribution is 0.162. The van der Waals surface area contributed by atoms with Crippen molar-refractivity contribution < 1.29 is 0 Å². The predicted molar refractivity (Wildman–Crippen MR) is 81.5 cm³/mol. The van der Waals surface area contributed by atoms with Crippen LogP contribution in [0.3, 0.4) is 0 Å². The van der Waals surface area contributed by atoms with Gasteiger partial charge in [-0.2, -0.15) is 5.10 Å². The Morgan fingerprint density at radius 1 is 1.30 bits per heavy atom. The molecule has 1 aliphatic carbocycles. The topological polar surface area (TPSA) is 46.0 Å². The lowest BCUT2D eigenvalue weighted by Crippen LogP contribution is -2.41. The number of aryl methyl sites for hydroxylation is 1. The van der Waals surface area contributed by atoms with E-state index in [1.807, 2.05) is 4.68 Å². The molecule has 1 aliphatic rings. The van der Waals surface area contributed by atoms with Gasteiger partial charge in [-0.05, 0) is 52.6 Å². The van der Waals surface area contributed by atoms with Crippen molar-refractivity contribution in [2.75, 3.05) is 13.6 Å². The van der Waals surface area contributed by atoms with Gasteiger partial charge < -0.3 is 5.32 Å². The van der Waals surface area contributed by atoms with Crippen LogP contribution < -0.4 is 5.32 Å². The summed E-state index contributed by atoms with van der Waals surface area (Å²) in [5.74, 6) is 1.08. The molecule has 0 bridgehead atoms. The van der Waals surface area contributed by atoms with Crippen LogP contribution in [0.25, 0.3) is 0 Å². The van der Waals surface area contributed by atoms with E-state index in [0.717, 1.165) is 31.5 Å². The Balaban J connectivity index is 1.78. The van der Waals surface area contributed by atoms with E-state index in [2.05, 4.69) is 41.2 Å². The number of hydrogen-bond donors (Lipinski definition) is 1. The molecule has 20 heavy (non-hydrogen) atoms. The highest BCUT2D eigenvalue weighted by Crippen LogP contribution is 2.23. The largest absolute Gasteiger partial charge is 0.314 e. The smallest absolute Gasteiger partial charge is 0.140 e. The third kappa shape index (κ3) is 4.03. The summed E-state index contributed by atoms with van der Waals surface area (Å²) in [5, 5.41) is 7.90. The lowest BCUT2D eigenvalue weighted by Gasteiger charge is -2.34. The van der Waals surface area contributed by atoms with E-state index in [4.69, 9.17) is 0 Å². The van der Waals surface area contributed by atoms with Gasteiger partial charge in [0.25, 0.3) is 0 Å². The molecule has 0 saturated heterocycles. The third-order valence-corrected chi connectivity index (χ3v) is 4.39. The highest BCUT2D eigenvalue weighted by atomic mass is 15.3. The zero-order valence-corrected chi connectivity index (χ0v) is 13.2. The van der Waals surface area contributed by atoms with Gasteiger partial charge in [0.15, 0.2) is 0 Å². The molecule has 0 radical (unpaired) electrons. The Labute approximate surface area is 122 Å². The van der Waals surface area contributed by atoms with Gasteiger partial charge >= 0.3 is 0 Å². The maximum Gasteiger partial charge on any atom is 0.140 e. The fraction of sp³-hybridized carbons (Fsp3) is 0.867. The van der Waals surface area contributed by atoms with Gasteiger partial charge in [0.2, 0.25) is 0 Å². The zero-order valence-electron chi connectivity index (χ0n) is 13.2. The predicted octanol–water partition coefficient (Wildman–Crippen LogP) is 2.04. The van der Waals surface area contributed by atoms with Crippen LogP contribution in [0.15, 0.2) is 6.33 Å². The van der Waals surface area contributed by atoms with E-state index in [1.54, 1.807) is 6.33 Å². The van der Waals surface area contributed by atoms with Crippen molar-refractivity contribution in [3.63, 3.8) is 0 Å². The summed E-state index contributed by atoms with van der Waals surface area (Å²) in [6, 6.07) is 1.43. The van der Waals surface area contributed by atoms with Gasteiger partial charge in [0.1, 0.15) is 12.2 Å². The molecule has 5 nitrogen and oxygen atoms in total. The first-order chi connectivity index (χ1) is 9.74. The Hall–Kier alpha value is -0.940. The summed E-state index contributed by atoms with van der Waals surface area (Å²) in [5.41, 5.74) is 0. The molecule has 1 fully saturated rings. The molecule has 0 aliphatic heterocycles. The van der Waals surface area contributed by atoms with E-state index >= 15 is 0 Å². The maximum absolute atomic E-state index is 4.38. The van der Waals surface area contributed by atoms with Crippen molar-refractivity contribution in [1.82, 2.24) is 25.0 Å². The molecule has 0 atom stereocenters. The monoisotopic (exact) mass is 279 g/mol. The van der Waals surface area contributed by atoms with Crippen LogP contribution >= 0.6 is 0 Å². The maximum atomic E-state index is 4.38. The number of nitrogens with zero attached hydrogens (tertiary/aromatic N) is 4. The van der Waals surface area contributed by atoms with Crippen molar-refractivity contribution >= 4 is 0 Å². The minimum atomic E-state index is 0.691. The van der Waals surface area contributed by atoms with Gasteiger partial charge in [-0.1, -0.05) is 6.92 Å². The second kappa shape index (κ2) is 7.74. The highest BCUT2D eigenvalue weighted by Gasteiger charge is 2.24. The van der Waals surface area contributed by atoms with E-state index in [-0.39, 0.29) is 0 Å². The number of hydrogen-bond acceptors (Lipinski definition) is 4. The molecule has 0 amide bonds. The summed E-state index contributed by atoms with van der Waals surface area (Å²) in [4.78, 5) is 6.83. The molecule has 2 rings (SSSR count). The van der Waals surface area contributed by atoms with Crippen molar-refractivity contribution in [1.29, 1.82) is 0 Å². The molecular weight excluding hydrogens is 250 g/mol. The van der Waals surface area contributed by atoms with Gasteiger partial charge in [0, 0.05) is 18.6 Å². The van der Waals surface area contributed by atoms with Crippen molar-refractivity contribution in [2.24, 2.45) is 0 Å². The fourth-order valence-corrected chi connectivity index (χ4v) is 3.10. The standard InChI is InChI=1S/C15H29N5/c1-4-10-16-13-6-8-14(9-7-13)19(3)11-15-17-12-18-20(15)5-2/h12-14,16H,4-11H2,1-3H3. The molecule has 0 aromatic carbocycles. The van der Waals surface area contributed by atoms with Crippen molar-refractivity contribution in [3.05, 3.63) is 12.2 Å². The quantitative estimate of drug-likeness (QED) is 0.829. The molecule has 1 aromatic rings. The summed E-state index contributed by atoms with van der Waals surface area (Å²) in [6.07, 6.45) is 8.08.